The molecular formula is C17H20BF3N. The fraction of sp³-hybridized carbons (Fsp3) is 0.412. The van der Waals surface area contributed by atoms with Crippen molar-refractivity contribution in [2.24, 2.45) is 0 Å². The van der Waals surface area contributed by atoms with Crippen molar-refractivity contribution < 1.29 is 13.2 Å². The molecule has 0 saturated heterocycles. The van der Waals surface area contributed by atoms with Crippen LogP contribution in [0, 0.1) is 0 Å². The Morgan fingerprint density at radius 1 is 1.36 bits per heavy atom. The van der Waals surface area contributed by atoms with Crippen LogP contribution < -0.4 is 5.32 Å². The summed E-state index contributed by atoms with van der Waals surface area (Å²) < 4.78 is 36.7. The molecule has 22 heavy (non-hydrogen) atoms. The number of benzene rings is 1. The summed E-state index contributed by atoms with van der Waals surface area (Å²) in [6.07, 6.45) is -3.48. The second-order valence-electron chi connectivity index (χ2n) is 5.84. The molecule has 117 valence electrons. The van der Waals surface area contributed by atoms with Crippen LogP contribution in [-0.2, 0) is 12.7 Å². The highest BCUT2D eigenvalue weighted by Gasteiger charge is 2.27. The normalized spacial score (nSPS) is 17.4. The summed E-state index contributed by atoms with van der Waals surface area (Å²) >= 11 is 0. The summed E-state index contributed by atoms with van der Waals surface area (Å²) in [5.41, 5.74) is 5.14. The summed E-state index contributed by atoms with van der Waals surface area (Å²) in [6.45, 7) is 9.69. The van der Waals surface area contributed by atoms with Crippen LogP contribution in [0.3, 0.4) is 0 Å². The van der Waals surface area contributed by atoms with Gasteiger partial charge in [-0.15, -0.1) is 0 Å². The molecule has 1 heterocycles. The lowest BCUT2D eigenvalue weighted by atomic mass is 9.57. The topological polar surface area (TPSA) is 12.0 Å². The van der Waals surface area contributed by atoms with Crippen LogP contribution in [-0.4, -0.2) is 19.4 Å². The van der Waals surface area contributed by atoms with E-state index in [-0.39, 0.29) is 12.4 Å². The lowest BCUT2D eigenvalue weighted by molar-refractivity contribution is -0.134. The maximum Gasteiger partial charge on any atom is 0.389 e. The maximum atomic E-state index is 12.2. The van der Waals surface area contributed by atoms with E-state index in [0.717, 1.165) is 18.3 Å². The standard InChI is InChI=1S/C17H20BF3N/c1-11(2)14-6-4-5-13-9-16(18-10-15(13)14)22-12(3)7-8-17(19,20)21/h4-6,16,22H,1,3,7-10H2,2H3. The van der Waals surface area contributed by atoms with E-state index in [1.165, 1.54) is 16.7 Å². The Labute approximate surface area is 130 Å². The molecule has 0 aromatic heterocycles. The number of rotatable bonds is 5. The second kappa shape index (κ2) is 6.63. The van der Waals surface area contributed by atoms with Gasteiger partial charge in [0.25, 0.3) is 0 Å². The minimum Gasteiger partial charge on any atom is -0.394 e. The molecule has 0 aliphatic carbocycles. The Kier molecular flexibility index (Phi) is 5.04. The number of halogens is 3. The van der Waals surface area contributed by atoms with Crippen LogP contribution in [0.15, 0.2) is 37.1 Å². The molecule has 1 nitrogen and oxygen atoms in total. The lowest BCUT2D eigenvalue weighted by Gasteiger charge is -2.28. The third-order valence-electron chi connectivity index (χ3n) is 3.88. The van der Waals surface area contributed by atoms with Crippen LogP contribution in [0.25, 0.3) is 5.57 Å². The average Bonchev–Trinajstić information content (AvgIpc) is 2.43. The minimum absolute atomic E-state index is 0.0357. The quantitative estimate of drug-likeness (QED) is 0.802. The molecule has 2 rings (SSSR count). The largest absolute Gasteiger partial charge is 0.394 e. The van der Waals surface area contributed by atoms with E-state index in [9.17, 15) is 13.2 Å². The fourth-order valence-corrected chi connectivity index (χ4v) is 2.78. The fourth-order valence-electron chi connectivity index (χ4n) is 2.78. The summed E-state index contributed by atoms with van der Waals surface area (Å²) in [5.74, 6) is 0.0357. The molecule has 1 aromatic carbocycles. The van der Waals surface area contributed by atoms with Gasteiger partial charge in [-0.2, -0.15) is 13.2 Å². The minimum atomic E-state index is -4.14. The van der Waals surface area contributed by atoms with Crippen LogP contribution in [0.5, 0.6) is 0 Å². The molecule has 0 spiro atoms. The van der Waals surface area contributed by atoms with Gasteiger partial charge in [-0.3, -0.25) is 0 Å². The van der Waals surface area contributed by atoms with E-state index >= 15 is 0 Å². The van der Waals surface area contributed by atoms with Crippen molar-refractivity contribution in [3.63, 3.8) is 0 Å². The van der Waals surface area contributed by atoms with Crippen LogP contribution in [0.4, 0.5) is 13.2 Å². The number of hydrogen-bond acceptors (Lipinski definition) is 1. The molecule has 1 aliphatic heterocycles. The second-order valence-corrected chi connectivity index (χ2v) is 5.84. The number of allylic oxidation sites excluding steroid dienone is 2. The Bertz CT molecular complexity index is 578. The maximum absolute atomic E-state index is 12.2. The smallest absolute Gasteiger partial charge is 0.389 e. The summed E-state index contributed by atoms with van der Waals surface area (Å²) in [5, 5.41) is 3.11. The predicted octanol–water partition coefficient (Wildman–Crippen LogP) is 4.25. The number of fused-ring (bicyclic) bond motifs is 1. The third-order valence-corrected chi connectivity index (χ3v) is 3.88. The Balaban J connectivity index is 1.97. The van der Waals surface area contributed by atoms with E-state index in [2.05, 4.69) is 37.9 Å². The first-order valence-corrected chi connectivity index (χ1v) is 7.37. The molecule has 1 radical (unpaired) electrons. The number of hydrogen-bond donors (Lipinski definition) is 1. The monoisotopic (exact) mass is 306 g/mol. The number of alkyl halides is 3. The highest BCUT2D eigenvalue weighted by Crippen LogP contribution is 2.27. The zero-order valence-electron chi connectivity index (χ0n) is 12.8. The van der Waals surface area contributed by atoms with Crippen molar-refractivity contribution >= 4 is 12.9 Å². The molecule has 1 aliphatic rings. The first-order chi connectivity index (χ1) is 10.3. The first kappa shape index (κ1) is 16.7. The van der Waals surface area contributed by atoms with Gasteiger partial charge < -0.3 is 5.32 Å². The average molecular weight is 306 g/mol. The van der Waals surface area contributed by atoms with E-state index in [1.807, 2.05) is 13.0 Å². The highest BCUT2D eigenvalue weighted by molar-refractivity contribution is 6.38. The zero-order chi connectivity index (χ0) is 16.3. The molecule has 1 N–H and O–H groups in total. The van der Waals surface area contributed by atoms with Gasteiger partial charge in [0.1, 0.15) is 7.28 Å². The molecule has 0 bridgehead atoms. The van der Waals surface area contributed by atoms with Crippen molar-refractivity contribution in [3.8, 4) is 0 Å². The van der Waals surface area contributed by atoms with E-state index < -0.39 is 12.6 Å². The van der Waals surface area contributed by atoms with E-state index in [4.69, 9.17) is 0 Å². The molecule has 1 atom stereocenters. The SMILES string of the molecule is C=C(CCC(F)(F)F)NC1[B]Cc2c(cccc2C(=C)C)C1. The summed E-state index contributed by atoms with van der Waals surface area (Å²) in [4.78, 5) is 0. The predicted molar refractivity (Wildman–Crippen MR) is 85.7 cm³/mol. The summed E-state index contributed by atoms with van der Waals surface area (Å²) in [6, 6.07) is 6.14. The molecular weight excluding hydrogens is 286 g/mol. The lowest BCUT2D eigenvalue weighted by Crippen LogP contribution is -2.40. The van der Waals surface area contributed by atoms with E-state index in [1.54, 1.807) is 0 Å². The zero-order valence-corrected chi connectivity index (χ0v) is 12.8. The van der Waals surface area contributed by atoms with Crippen LogP contribution in [0.2, 0.25) is 0 Å². The van der Waals surface area contributed by atoms with E-state index in [0.29, 0.717) is 5.70 Å². The van der Waals surface area contributed by atoms with Gasteiger partial charge in [-0.1, -0.05) is 43.3 Å². The first-order valence-electron chi connectivity index (χ1n) is 7.37. The molecule has 5 heteroatoms. The van der Waals surface area contributed by atoms with Crippen molar-refractivity contribution in [2.75, 3.05) is 0 Å². The molecule has 0 saturated carbocycles. The summed E-state index contributed by atoms with van der Waals surface area (Å²) in [7, 11) is 2.10. The van der Waals surface area contributed by atoms with Crippen molar-refractivity contribution in [3.05, 3.63) is 53.7 Å². The Morgan fingerprint density at radius 2 is 2.09 bits per heavy atom. The van der Waals surface area contributed by atoms with Gasteiger partial charge >= 0.3 is 6.18 Å². The van der Waals surface area contributed by atoms with Crippen LogP contribution in [0.1, 0.15) is 36.5 Å². The van der Waals surface area contributed by atoms with Crippen molar-refractivity contribution in [2.45, 2.75) is 44.6 Å². The van der Waals surface area contributed by atoms with Crippen molar-refractivity contribution in [1.29, 1.82) is 0 Å². The third kappa shape index (κ3) is 4.42. The molecule has 1 aromatic rings. The Morgan fingerprint density at radius 3 is 2.73 bits per heavy atom. The molecule has 0 fully saturated rings. The Hall–Kier alpha value is -1.65. The molecule has 1 unspecified atom stereocenters. The number of nitrogens with one attached hydrogen (secondary N) is 1. The van der Waals surface area contributed by atoms with Crippen molar-refractivity contribution in [1.82, 2.24) is 5.32 Å². The van der Waals surface area contributed by atoms with Gasteiger partial charge in [0.2, 0.25) is 0 Å². The van der Waals surface area contributed by atoms with Gasteiger partial charge in [-0.05, 0) is 42.4 Å². The van der Waals surface area contributed by atoms with Gasteiger partial charge in [-0.25, -0.2) is 0 Å². The molecule has 0 amide bonds. The highest BCUT2D eigenvalue weighted by atomic mass is 19.4. The van der Waals surface area contributed by atoms with Gasteiger partial charge in [0.05, 0.1) is 0 Å². The van der Waals surface area contributed by atoms with Gasteiger partial charge in [0, 0.05) is 12.1 Å². The van der Waals surface area contributed by atoms with Gasteiger partial charge in [0.15, 0.2) is 0 Å². The van der Waals surface area contributed by atoms with Crippen LogP contribution >= 0.6 is 0 Å².